The molecule has 0 aliphatic rings. The Kier molecular flexibility index (Phi) is 5.74. The lowest BCUT2D eigenvalue weighted by molar-refractivity contribution is -0.114. The largest absolute Gasteiger partial charge is 0.324 e. The summed E-state index contributed by atoms with van der Waals surface area (Å²) in [5.41, 5.74) is 1.73. The van der Waals surface area contributed by atoms with Gasteiger partial charge in [0.15, 0.2) is 0 Å². The van der Waals surface area contributed by atoms with Crippen LogP contribution in [0.4, 0.5) is 11.4 Å². The number of nitrogens with zero attached hydrogens (tertiary/aromatic N) is 1. The highest BCUT2D eigenvalue weighted by molar-refractivity contribution is 7.92. The summed E-state index contributed by atoms with van der Waals surface area (Å²) in [4.78, 5) is 12.3. The number of rotatable bonds is 5. The summed E-state index contributed by atoms with van der Waals surface area (Å²) in [6, 6.07) is 11.3. The van der Waals surface area contributed by atoms with Crippen LogP contribution in [-0.2, 0) is 14.8 Å². The van der Waals surface area contributed by atoms with Crippen LogP contribution in [0.1, 0.15) is 5.56 Å². The van der Waals surface area contributed by atoms with Crippen LogP contribution < -0.4 is 9.62 Å². The minimum Gasteiger partial charge on any atom is -0.324 e. The van der Waals surface area contributed by atoms with Gasteiger partial charge in [-0.15, -0.1) is 0 Å². The number of hydrogen-bond acceptors (Lipinski definition) is 3. The van der Waals surface area contributed by atoms with Crippen molar-refractivity contribution in [1.82, 2.24) is 0 Å². The lowest BCUT2D eigenvalue weighted by Gasteiger charge is -2.22. The highest BCUT2D eigenvalue weighted by Gasteiger charge is 2.21. The molecule has 24 heavy (non-hydrogen) atoms. The molecule has 0 aliphatic carbocycles. The van der Waals surface area contributed by atoms with E-state index in [0.717, 1.165) is 16.1 Å². The summed E-state index contributed by atoms with van der Waals surface area (Å²) in [6.07, 6.45) is 1.04. The van der Waals surface area contributed by atoms with Crippen LogP contribution in [0.5, 0.6) is 0 Å². The second-order valence-electron chi connectivity index (χ2n) is 5.25. The molecule has 2 aromatic rings. The maximum Gasteiger partial charge on any atom is 0.245 e. The van der Waals surface area contributed by atoms with Crippen molar-refractivity contribution >= 4 is 50.5 Å². The molecule has 128 valence electrons. The Balaban J connectivity index is 2.20. The third-order valence-corrected chi connectivity index (χ3v) is 4.89. The topological polar surface area (TPSA) is 66.5 Å². The minimum absolute atomic E-state index is 0.345. The summed E-state index contributed by atoms with van der Waals surface area (Å²) >= 11 is 11.7. The third kappa shape index (κ3) is 4.87. The molecule has 1 N–H and O–H groups in total. The first kappa shape index (κ1) is 18.6. The molecule has 0 unspecified atom stereocenters. The van der Waals surface area contributed by atoms with Gasteiger partial charge in [-0.25, -0.2) is 8.42 Å². The molecule has 0 saturated carbocycles. The second-order valence-corrected chi connectivity index (χ2v) is 8.03. The van der Waals surface area contributed by atoms with Crippen LogP contribution in [-0.4, -0.2) is 27.1 Å². The quantitative estimate of drug-likeness (QED) is 0.851. The maximum absolute atomic E-state index is 12.3. The van der Waals surface area contributed by atoms with Crippen molar-refractivity contribution in [2.45, 2.75) is 6.92 Å². The molecule has 0 fully saturated rings. The molecule has 0 atom stereocenters. The summed E-state index contributed by atoms with van der Waals surface area (Å²) in [5.74, 6) is -0.458. The Labute approximate surface area is 151 Å². The summed E-state index contributed by atoms with van der Waals surface area (Å²) in [7, 11) is -3.63. The van der Waals surface area contributed by atoms with E-state index >= 15 is 0 Å². The molecule has 0 aromatic heterocycles. The highest BCUT2D eigenvalue weighted by atomic mass is 35.5. The van der Waals surface area contributed by atoms with Crippen molar-refractivity contribution in [3.8, 4) is 0 Å². The smallest absolute Gasteiger partial charge is 0.245 e. The van der Waals surface area contributed by atoms with E-state index in [2.05, 4.69) is 5.32 Å². The fraction of sp³-hybridized carbons (Fsp3) is 0.188. The SMILES string of the molecule is Cc1cc(Cl)ccc1NC(=O)CN(c1ccc(Cl)cc1)S(C)(=O)=O. The standard InChI is InChI=1S/C16H16Cl2N2O3S/c1-11-9-13(18)5-8-15(11)19-16(21)10-20(24(2,22)23)14-6-3-12(17)4-7-14/h3-9H,10H2,1-2H3,(H,19,21). The third-order valence-electron chi connectivity index (χ3n) is 3.26. The number of carbonyl (C=O) groups excluding carboxylic acids is 1. The molecule has 8 heteroatoms. The van der Waals surface area contributed by atoms with Crippen molar-refractivity contribution in [1.29, 1.82) is 0 Å². The first-order valence-corrected chi connectivity index (χ1v) is 9.56. The van der Waals surface area contributed by atoms with Gasteiger partial charge in [0, 0.05) is 15.7 Å². The van der Waals surface area contributed by atoms with Crippen LogP contribution >= 0.6 is 23.2 Å². The summed E-state index contributed by atoms with van der Waals surface area (Å²) in [6.45, 7) is 1.46. The monoisotopic (exact) mass is 386 g/mol. The molecule has 0 heterocycles. The Morgan fingerprint density at radius 2 is 1.67 bits per heavy atom. The molecule has 2 aromatic carbocycles. The number of benzene rings is 2. The minimum atomic E-state index is -3.63. The van der Waals surface area contributed by atoms with E-state index in [1.54, 1.807) is 49.4 Å². The molecular formula is C16H16Cl2N2O3S. The lowest BCUT2D eigenvalue weighted by Crippen LogP contribution is -2.37. The number of carbonyl (C=O) groups is 1. The van der Waals surface area contributed by atoms with Crippen molar-refractivity contribution in [3.05, 3.63) is 58.1 Å². The summed E-state index contributed by atoms with van der Waals surface area (Å²) < 4.78 is 25.0. The van der Waals surface area contributed by atoms with Crippen molar-refractivity contribution in [3.63, 3.8) is 0 Å². The Bertz CT molecular complexity index is 852. The highest BCUT2D eigenvalue weighted by Crippen LogP contribution is 2.22. The number of aryl methyl sites for hydroxylation is 1. The molecule has 0 spiro atoms. The Morgan fingerprint density at radius 1 is 1.08 bits per heavy atom. The van der Waals surface area contributed by atoms with E-state index in [-0.39, 0.29) is 6.54 Å². The fourth-order valence-electron chi connectivity index (χ4n) is 2.09. The van der Waals surface area contributed by atoms with E-state index in [0.29, 0.717) is 21.4 Å². The van der Waals surface area contributed by atoms with E-state index in [9.17, 15) is 13.2 Å². The first-order valence-electron chi connectivity index (χ1n) is 6.96. The molecule has 0 radical (unpaired) electrons. The van der Waals surface area contributed by atoms with E-state index < -0.39 is 15.9 Å². The normalized spacial score (nSPS) is 11.2. The average Bonchev–Trinajstić information content (AvgIpc) is 2.48. The van der Waals surface area contributed by atoms with Gasteiger partial charge in [0.1, 0.15) is 6.54 Å². The molecule has 0 bridgehead atoms. The zero-order valence-corrected chi connectivity index (χ0v) is 15.4. The van der Waals surface area contributed by atoms with Gasteiger partial charge < -0.3 is 5.32 Å². The lowest BCUT2D eigenvalue weighted by atomic mass is 10.2. The van der Waals surface area contributed by atoms with Gasteiger partial charge in [-0.05, 0) is 55.0 Å². The Hall–Kier alpha value is -1.76. The molecule has 0 saturated heterocycles. The van der Waals surface area contributed by atoms with E-state index in [1.807, 2.05) is 0 Å². The molecular weight excluding hydrogens is 371 g/mol. The zero-order valence-electron chi connectivity index (χ0n) is 13.1. The number of halogens is 2. The van der Waals surface area contributed by atoms with Crippen LogP contribution in [0.3, 0.4) is 0 Å². The van der Waals surface area contributed by atoms with Gasteiger partial charge in [-0.3, -0.25) is 9.10 Å². The van der Waals surface area contributed by atoms with Crippen LogP contribution in [0.2, 0.25) is 10.0 Å². The van der Waals surface area contributed by atoms with Crippen LogP contribution in [0.25, 0.3) is 0 Å². The number of hydrogen-bond donors (Lipinski definition) is 1. The number of anilines is 2. The predicted molar refractivity (Wildman–Crippen MR) is 98.5 cm³/mol. The van der Waals surface area contributed by atoms with E-state index in [4.69, 9.17) is 23.2 Å². The van der Waals surface area contributed by atoms with Crippen molar-refractivity contribution in [2.24, 2.45) is 0 Å². The fourth-order valence-corrected chi connectivity index (χ4v) is 3.30. The number of sulfonamides is 1. The molecule has 2 rings (SSSR count). The number of amides is 1. The molecule has 1 amide bonds. The average molecular weight is 387 g/mol. The van der Waals surface area contributed by atoms with Crippen LogP contribution in [0.15, 0.2) is 42.5 Å². The van der Waals surface area contributed by atoms with Crippen molar-refractivity contribution < 1.29 is 13.2 Å². The molecule has 5 nitrogen and oxygen atoms in total. The Morgan fingerprint density at radius 3 is 2.21 bits per heavy atom. The van der Waals surface area contributed by atoms with Gasteiger partial charge in [-0.1, -0.05) is 23.2 Å². The van der Waals surface area contributed by atoms with Gasteiger partial charge in [0.05, 0.1) is 11.9 Å². The van der Waals surface area contributed by atoms with Crippen LogP contribution in [0, 0.1) is 6.92 Å². The van der Waals surface area contributed by atoms with Gasteiger partial charge in [0.25, 0.3) is 0 Å². The first-order chi connectivity index (χ1) is 11.2. The number of nitrogens with one attached hydrogen (secondary N) is 1. The van der Waals surface area contributed by atoms with Gasteiger partial charge in [0.2, 0.25) is 15.9 Å². The molecule has 0 aliphatic heterocycles. The zero-order chi connectivity index (χ0) is 17.9. The van der Waals surface area contributed by atoms with Crippen molar-refractivity contribution in [2.75, 3.05) is 22.4 Å². The second kappa shape index (κ2) is 7.42. The van der Waals surface area contributed by atoms with E-state index in [1.165, 1.54) is 0 Å². The summed E-state index contributed by atoms with van der Waals surface area (Å²) in [5, 5.41) is 3.73. The predicted octanol–water partition coefficient (Wildman–Crippen LogP) is 3.71. The maximum atomic E-state index is 12.3. The van der Waals surface area contributed by atoms with Gasteiger partial charge in [-0.2, -0.15) is 0 Å². The van der Waals surface area contributed by atoms with Gasteiger partial charge >= 0.3 is 0 Å².